The Morgan fingerprint density at radius 2 is 1.89 bits per heavy atom. The molecule has 5 heteroatoms. The number of carbonyl (C=O) groups excluding carboxylic acids is 1. The van der Waals surface area contributed by atoms with E-state index in [9.17, 15) is 15.0 Å². The van der Waals surface area contributed by atoms with Gasteiger partial charge in [0.1, 0.15) is 5.75 Å². The molecule has 3 aromatic carbocycles. The van der Waals surface area contributed by atoms with Gasteiger partial charge in [-0.3, -0.25) is 4.79 Å². The number of phenolic OH excluding ortho intramolecular Hbond substituents is 2. The normalized spacial score (nSPS) is 12.3. The average molecular weight is 476 g/mol. The summed E-state index contributed by atoms with van der Waals surface area (Å²) in [5.41, 5.74) is 8.72. The summed E-state index contributed by atoms with van der Waals surface area (Å²) in [6.07, 6.45) is 10.0. The number of methoxy groups -OCH3 is 1. The topological polar surface area (TPSA) is 92.8 Å². The smallest absolute Gasteiger partial charge is 0.163 e. The standard InChI is InChI=1S/C30H37NO4/c1-3-4-5-6-7-10-28(33)27(16-21-11-14-29(34)30(17-21)35-2)23-18-22(9-8-15-31)26-13-12-25(32)20-24(26)19-23/h7,10-14,17-20,27,32,34H,3-6,8-9,15-16,31H2,1-2H3. The summed E-state index contributed by atoms with van der Waals surface area (Å²) in [6, 6.07) is 14.7. The van der Waals surface area contributed by atoms with Crippen molar-refractivity contribution >= 4 is 16.6 Å². The Bertz CT molecular complexity index is 1170. The minimum Gasteiger partial charge on any atom is -0.508 e. The molecule has 1 unspecified atom stereocenters. The molecule has 0 fully saturated rings. The van der Waals surface area contributed by atoms with E-state index in [-0.39, 0.29) is 17.3 Å². The number of fused-ring (bicyclic) bond motifs is 1. The number of hydrogen-bond acceptors (Lipinski definition) is 5. The summed E-state index contributed by atoms with van der Waals surface area (Å²) in [5, 5.41) is 22.1. The van der Waals surface area contributed by atoms with E-state index in [4.69, 9.17) is 10.5 Å². The molecule has 0 aromatic heterocycles. The van der Waals surface area contributed by atoms with E-state index in [0.29, 0.717) is 18.7 Å². The number of ketones is 1. The predicted molar refractivity (Wildman–Crippen MR) is 142 cm³/mol. The van der Waals surface area contributed by atoms with E-state index in [1.807, 2.05) is 24.3 Å². The summed E-state index contributed by atoms with van der Waals surface area (Å²) in [6.45, 7) is 2.75. The number of ether oxygens (including phenoxy) is 1. The molecule has 186 valence electrons. The molecule has 0 bridgehead atoms. The first-order valence-electron chi connectivity index (χ1n) is 12.5. The molecule has 0 aliphatic carbocycles. The molecule has 35 heavy (non-hydrogen) atoms. The summed E-state index contributed by atoms with van der Waals surface area (Å²) < 4.78 is 5.28. The maximum atomic E-state index is 13.5. The van der Waals surface area contributed by atoms with Crippen LogP contribution in [-0.2, 0) is 17.6 Å². The first kappa shape index (κ1) is 26.3. The van der Waals surface area contributed by atoms with E-state index in [0.717, 1.165) is 66.0 Å². The molecule has 0 aliphatic rings. The number of phenols is 2. The van der Waals surface area contributed by atoms with Crippen molar-refractivity contribution in [2.75, 3.05) is 13.7 Å². The van der Waals surface area contributed by atoms with Crippen molar-refractivity contribution in [3.63, 3.8) is 0 Å². The van der Waals surface area contributed by atoms with Gasteiger partial charge in [-0.05, 0) is 96.5 Å². The fourth-order valence-electron chi connectivity index (χ4n) is 4.46. The van der Waals surface area contributed by atoms with E-state index in [1.54, 1.807) is 30.3 Å². The zero-order chi connectivity index (χ0) is 25.2. The molecular formula is C30H37NO4. The number of unbranched alkanes of at least 4 members (excludes halogenated alkanes) is 3. The molecule has 4 N–H and O–H groups in total. The maximum absolute atomic E-state index is 13.5. The van der Waals surface area contributed by atoms with Crippen molar-refractivity contribution in [1.29, 1.82) is 0 Å². The Kier molecular flexibility index (Phi) is 9.74. The number of nitrogens with two attached hydrogens (primary N) is 1. The molecule has 0 radical (unpaired) electrons. The number of hydrogen-bond donors (Lipinski definition) is 3. The number of carbonyl (C=O) groups is 1. The van der Waals surface area contributed by atoms with Gasteiger partial charge in [0.2, 0.25) is 0 Å². The lowest BCUT2D eigenvalue weighted by molar-refractivity contribution is -0.116. The first-order valence-corrected chi connectivity index (χ1v) is 12.5. The fraction of sp³-hybridized carbons (Fsp3) is 0.367. The molecule has 0 saturated carbocycles. The Hall–Kier alpha value is -3.31. The zero-order valence-electron chi connectivity index (χ0n) is 20.8. The van der Waals surface area contributed by atoms with Crippen LogP contribution in [0.25, 0.3) is 10.8 Å². The van der Waals surface area contributed by atoms with Gasteiger partial charge in [-0.25, -0.2) is 0 Å². The highest BCUT2D eigenvalue weighted by Gasteiger charge is 2.22. The van der Waals surface area contributed by atoms with Crippen LogP contribution in [0.5, 0.6) is 17.2 Å². The summed E-state index contributed by atoms with van der Waals surface area (Å²) >= 11 is 0. The van der Waals surface area contributed by atoms with Crippen LogP contribution < -0.4 is 10.5 Å². The molecule has 0 spiro atoms. The average Bonchev–Trinajstić information content (AvgIpc) is 2.86. The van der Waals surface area contributed by atoms with Gasteiger partial charge in [-0.1, -0.05) is 50.1 Å². The van der Waals surface area contributed by atoms with Crippen molar-refractivity contribution in [3.05, 3.63) is 77.4 Å². The fourth-order valence-corrected chi connectivity index (χ4v) is 4.46. The third-order valence-electron chi connectivity index (χ3n) is 6.38. The van der Waals surface area contributed by atoms with Crippen LogP contribution in [0.15, 0.2) is 60.7 Å². The highest BCUT2D eigenvalue weighted by Crippen LogP contribution is 2.33. The summed E-state index contributed by atoms with van der Waals surface area (Å²) in [5.74, 6) is 0.283. The van der Waals surface area contributed by atoms with Crippen LogP contribution in [0.2, 0.25) is 0 Å². The van der Waals surface area contributed by atoms with Crippen molar-refractivity contribution in [2.45, 2.75) is 57.8 Å². The van der Waals surface area contributed by atoms with Crippen LogP contribution in [0.3, 0.4) is 0 Å². The van der Waals surface area contributed by atoms with Gasteiger partial charge >= 0.3 is 0 Å². The molecule has 0 aliphatic heterocycles. The zero-order valence-corrected chi connectivity index (χ0v) is 20.8. The minimum absolute atomic E-state index is 0.0396. The molecule has 0 amide bonds. The highest BCUT2D eigenvalue weighted by atomic mass is 16.5. The third kappa shape index (κ3) is 7.09. The van der Waals surface area contributed by atoms with Crippen molar-refractivity contribution in [1.82, 2.24) is 0 Å². The van der Waals surface area contributed by atoms with Crippen LogP contribution >= 0.6 is 0 Å². The van der Waals surface area contributed by atoms with Gasteiger partial charge in [-0.2, -0.15) is 0 Å². The van der Waals surface area contributed by atoms with Crippen LogP contribution in [0.1, 0.15) is 61.6 Å². The summed E-state index contributed by atoms with van der Waals surface area (Å²) in [7, 11) is 1.51. The van der Waals surface area contributed by atoms with Gasteiger partial charge in [0, 0.05) is 0 Å². The predicted octanol–water partition coefficient (Wildman–Crippen LogP) is 6.18. The highest BCUT2D eigenvalue weighted by molar-refractivity contribution is 5.97. The molecule has 0 heterocycles. The minimum atomic E-state index is -0.407. The maximum Gasteiger partial charge on any atom is 0.163 e. The van der Waals surface area contributed by atoms with Gasteiger partial charge < -0.3 is 20.7 Å². The number of aryl methyl sites for hydroxylation is 1. The van der Waals surface area contributed by atoms with Crippen molar-refractivity contribution < 1.29 is 19.7 Å². The number of benzene rings is 3. The number of allylic oxidation sites excluding steroid dienone is 2. The molecule has 1 atom stereocenters. The van der Waals surface area contributed by atoms with Crippen molar-refractivity contribution in [3.8, 4) is 17.2 Å². The molecule has 3 rings (SSSR count). The summed E-state index contributed by atoms with van der Waals surface area (Å²) in [4.78, 5) is 13.5. The SMILES string of the molecule is CCCCCC=CC(=O)C(Cc1ccc(O)c(OC)c1)c1cc(CCCN)c2ccc(O)cc2c1. The molecule has 5 nitrogen and oxygen atoms in total. The second-order valence-corrected chi connectivity index (χ2v) is 9.04. The van der Waals surface area contributed by atoms with Gasteiger partial charge in [-0.15, -0.1) is 0 Å². The van der Waals surface area contributed by atoms with Crippen LogP contribution in [-0.4, -0.2) is 29.7 Å². The Morgan fingerprint density at radius 1 is 1.06 bits per heavy atom. The van der Waals surface area contributed by atoms with Gasteiger partial charge in [0.15, 0.2) is 17.3 Å². The van der Waals surface area contributed by atoms with Gasteiger partial charge in [0.25, 0.3) is 0 Å². The third-order valence-corrected chi connectivity index (χ3v) is 6.38. The Morgan fingerprint density at radius 3 is 2.63 bits per heavy atom. The lowest BCUT2D eigenvalue weighted by atomic mass is 9.85. The quantitative estimate of drug-likeness (QED) is 0.203. The van der Waals surface area contributed by atoms with Crippen LogP contribution in [0, 0.1) is 0 Å². The molecule has 3 aromatic rings. The van der Waals surface area contributed by atoms with Gasteiger partial charge in [0.05, 0.1) is 13.0 Å². The largest absolute Gasteiger partial charge is 0.508 e. The van der Waals surface area contributed by atoms with E-state index in [2.05, 4.69) is 13.0 Å². The monoisotopic (exact) mass is 475 g/mol. The van der Waals surface area contributed by atoms with E-state index in [1.165, 1.54) is 7.11 Å². The lowest BCUT2D eigenvalue weighted by Crippen LogP contribution is -2.14. The number of rotatable bonds is 13. The first-order chi connectivity index (χ1) is 17.0. The Balaban J connectivity index is 2.03. The van der Waals surface area contributed by atoms with Crippen LogP contribution in [0.4, 0.5) is 0 Å². The molecular weight excluding hydrogens is 438 g/mol. The molecule has 0 saturated heterocycles. The second-order valence-electron chi connectivity index (χ2n) is 9.04. The van der Waals surface area contributed by atoms with E-state index < -0.39 is 5.92 Å². The second kappa shape index (κ2) is 13.0. The van der Waals surface area contributed by atoms with E-state index >= 15 is 0 Å². The lowest BCUT2D eigenvalue weighted by Gasteiger charge is -2.19. The van der Waals surface area contributed by atoms with Crippen molar-refractivity contribution in [2.24, 2.45) is 5.73 Å². The Labute approximate surface area is 208 Å². The number of aromatic hydroxyl groups is 2.